The van der Waals surface area contributed by atoms with Crippen LogP contribution in [0.4, 0.5) is 17.5 Å². The fourth-order valence-corrected chi connectivity index (χ4v) is 4.44. The summed E-state index contributed by atoms with van der Waals surface area (Å²) in [7, 11) is 3.65. The number of hydrogen-bond acceptors (Lipinski definition) is 9. The van der Waals surface area contributed by atoms with Crippen molar-refractivity contribution in [3.8, 4) is 5.75 Å². The molecule has 0 radical (unpaired) electrons. The van der Waals surface area contributed by atoms with Crippen LogP contribution in [-0.2, 0) is 16.1 Å². The van der Waals surface area contributed by atoms with E-state index in [1.807, 2.05) is 31.3 Å². The summed E-state index contributed by atoms with van der Waals surface area (Å²) in [5.74, 6) is 1.56. The Balaban J connectivity index is 1.45. The maximum atomic E-state index is 13.2. The number of fused-ring (bicyclic) bond motifs is 1. The zero-order valence-corrected chi connectivity index (χ0v) is 21.5. The van der Waals surface area contributed by atoms with Crippen molar-refractivity contribution in [3.63, 3.8) is 0 Å². The van der Waals surface area contributed by atoms with Crippen molar-refractivity contribution in [2.75, 3.05) is 70.3 Å². The molecule has 2 N–H and O–H groups in total. The van der Waals surface area contributed by atoms with Crippen LogP contribution in [0, 0.1) is 12.8 Å². The molecule has 5 rings (SSSR count). The molecule has 2 saturated heterocycles. The molecule has 3 aromatic rings. The molecule has 37 heavy (non-hydrogen) atoms. The summed E-state index contributed by atoms with van der Waals surface area (Å²) in [6, 6.07) is 7.53. The van der Waals surface area contributed by atoms with Gasteiger partial charge in [-0.05, 0) is 38.2 Å². The first-order valence-corrected chi connectivity index (χ1v) is 12.5. The molecule has 0 saturated carbocycles. The second-order valence-electron chi connectivity index (χ2n) is 9.68. The van der Waals surface area contributed by atoms with Gasteiger partial charge in [0.25, 0.3) is 11.5 Å². The zero-order valence-electron chi connectivity index (χ0n) is 21.5. The number of carbonyl (C=O) groups excluding carboxylic acids is 1. The van der Waals surface area contributed by atoms with Crippen molar-refractivity contribution in [3.05, 3.63) is 46.4 Å². The quantitative estimate of drug-likeness (QED) is 0.467. The number of anilines is 3. The van der Waals surface area contributed by atoms with E-state index in [2.05, 4.69) is 32.5 Å². The third kappa shape index (κ3) is 5.52. The summed E-state index contributed by atoms with van der Waals surface area (Å²) < 4.78 is 12.6. The molecule has 196 valence electrons. The van der Waals surface area contributed by atoms with E-state index in [0.717, 1.165) is 54.2 Å². The molecule has 4 heterocycles. The van der Waals surface area contributed by atoms with Gasteiger partial charge in [-0.15, -0.1) is 0 Å². The van der Waals surface area contributed by atoms with Crippen molar-refractivity contribution < 1.29 is 14.3 Å². The van der Waals surface area contributed by atoms with Crippen LogP contribution < -0.4 is 25.8 Å². The van der Waals surface area contributed by atoms with E-state index in [1.165, 1.54) is 7.05 Å². The molecule has 0 bridgehead atoms. The Morgan fingerprint density at radius 3 is 2.68 bits per heavy atom. The van der Waals surface area contributed by atoms with E-state index in [0.29, 0.717) is 25.7 Å². The summed E-state index contributed by atoms with van der Waals surface area (Å²) in [5, 5.41) is 6.76. The molecule has 1 amide bonds. The lowest BCUT2D eigenvalue weighted by Gasteiger charge is -2.32. The van der Waals surface area contributed by atoms with Crippen LogP contribution in [0.5, 0.6) is 5.75 Å². The number of nitrogens with one attached hydrogen (secondary N) is 2. The molecule has 0 aliphatic carbocycles. The average molecular weight is 508 g/mol. The topological polar surface area (TPSA) is 114 Å². The molecule has 1 aromatic carbocycles. The van der Waals surface area contributed by atoms with Gasteiger partial charge in [0.1, 0.15) is 5.82 Å². The largest absolute Gasteiger partial charge is 0.478 e. The number of ether oxygens (including phenoxy) is 2. The number of likely N-dealkylation sites (N-methyl/N-ethyl adjacent to an activating group) is 2. The molecule has 11 heteroatoms. The van der Waals surface area contributed by atoms with Crippen LogP contribution in [0.3, 0.4) is 0 Å². The van der Waals surface area contributed by atoms with Gasteiger partial charge < -0.3 is 34.5 Å². The number of nitrogens with zero attached hydrogens (tertiary/aromatic N) is 5. The third-order valence-electron chi connectivity index (χ3n) is 6.85. The number of aromatic nitrogens is 3. The van der Waals surface area contributed by atoms with E-state index < -0.39 is 0 Å². The lowest BCUT2D eigenvalue weighted by Crippen LogP contribution is -2.45. The lowest BCUT2D eigenvalue weighted by atomic mass is 10.1. The van der Waals surface area contributed by atoms with Gasteiger partial charge in [-0.2, -0.15) is 4.98 Å². The van der Waals surface area contributed by atoms with Gasteiger partial charge in [0, 0.05) is 68.5 Å². The lowest BCUT2D eigenvalue weighted by molar-refractivity contribution is -0.122. The number of pyridine rings is 1. The van der Waals surface area contributed by atoms with Crippen LogP contribution >= 0.6 is 0 Å². The molecule has 11 nitrogen and oxygen atoms in total. The highest BCUT2D eigenvalue weighted by molar-refractivity contribution is 5.85. The van der Waals surface area contributed by atoms with Gasteiger partial charge in [-0.3, -0.25) is 9.59 Å². The normalized spacial score (nSPS) is 16.5. The summed E-state index contributed by atoms with van der Waals surface area (Å²) in [6.07, 6.45) is 1.84. The predicted octanol–water partition coefficient (Wildman–Crippen LogP) is 1.37. The summed E-state index contributed by atoms with van der Waals surface area (Å²) in [4.78, 5) is 38.8. The first-order chi connectivity index (χ1) is 17.9. The van der Waals surface area contributed by atoms with Crippen LogP contribution in [0.2, 0.25) is 0 Å². The Hall–Kier alpha value is -3.70. The number of benzene rings is 1. The molecule has 0 atom stereocenters. The Morgan fingerprint density at radius 1 is 1.19 bits per heavy atom. The molecular weight excluding hydrogens is 474 g/mol. The number of rotatable bonds is 8. The van der Waals surface area contributed by atoms with Crippen LogP contribution in [0.1, 0.15) is 5.56 Å². The maximum absolute atomic E-state index is 13.2. The Morgan fingerprint density at radius 2 is 1.97 bits per heavy atom. The third-order valence-corrected chi connectivity index (χ3v) is 6.85. The van der Waals surface area contributed by atoms with Crippen LogP contribution in [0.15, 0.2) is 35.3 Å². The monoisotopic (exact) mass is 507 g/mol. The number of aryl methyl sites for hydroxylation is 1. The number of piperazine rings is 1. The molecule has 2 aromatic heterocycles. The second-order valence-corrected chi connectivity index (χ2v) is 9.68. The molecular formula is C26H33N7O4. The maximum Gasteiger partial charge on any atom is 0.293 e. The van der Waals surface area contributed by atoms with Crippen molar-refractivity contribution in [2.24, 2.45) is 5.92 Å². The minimum Gasteiger partial charge on any atom is -0.478 e. The molecule has 2 fully saturated rings. The number of carbonyl (C=O) groups is 1. The van der Waals surface area contributed by atoms with Gasteiger partial charge in [0.05, 0.1) is 18.7 Å². The van der Waals surface area contributed by atoms with Gasteiger partial charge in [0.2, 0.25) is 5.95 Å². The minimum atomic E-state index is -0.302. The summed E-state index contributed by atoms with van der Waals surface area (Å²) in [6.45, 7) is 7.25. The van der Waals surface area contributed by atoms with Crippen molar-refractivity contribution in [1.82, 2.24) is 24.8 Å². The molecule has 0 spiro atoms. The van der Waals surface area contributed by atoms with Crippen molar-refractivity contribution in [2.45, 2.75) is 13.5 Å². The van der Waals surface area contributed by atoms with Gasteiger partial charge in [-0.25, -0.2) is 4.98 Å². The van der Waals surface area contributed by atoms with Gasteiger partial charge >= 0.3 is 0 Å². The second kappa shape index (κ2) is 10.7. The Bertz CT molecular complexity index is 1350. The van der Waals surface area contributed by atoms with E-state index >= 15 is 0 Å². The van der Waals surface area contributed by atoms with Crippen molar-refractivity contribution >= 4 is 34.3 Å². The minimum absolute atomic E-state index is 0.143. The number of amides is 1. The standard InChI is InChI=1S/C26H33N7O4/c1-17-12-28-26(32-8-6-31(3)7-9-32)30-24(17)29-20-4-5-21-19(10-20)11-22(37-16-23(34)27-2)25(35)33(21)13-18-14-36-15-18/h4-5,10-12,18H,6-9,13-16H2,1-3H3,(H,27,34)(H,28,29,30). The SMILES string of the molecule is CNC(=O)COc1cc2cc(Nc3nc(N4CCN(C)CC4)ncc3C)ccc2n(CC2COC2)c1=O. The molecule has 0 unspecified atom stereocenters. The van der Waals surface area contributed by atoms with Crippen LogP contribution in [-0.4, -0.2) is 85.4 Å². The number of hydrogen-bond donors (Lipinski definition) is 2. The summed E-state index contributed by atoms with van der Waals surface area (Å²) >= 11 is 0. The average Bonchev–Trinajstić information content (AvgIpc) is 2.87. The van der Waals surface area contributed by atoms with E-state index in [-0.39, 0.29) is 29.7 Å². The summed E-state index contributed by atoms with van der Waals surface area (Å²) in [5.41, 5.74) is 2.30. The van der Waals surface area contributed by atoms with Crippen LogP contribution in [0.25, 0.3) is 10.9 Å². The van der Waals surface area contributed by atoms with E-state index in [1.54, 1.807) is 10.6 Å². The highest BCUT2D eigenvalue weighted by atomic mass is 16.5. The first kappa shape index (κ1) is 25.0. The predicted molar refractivity (Wildman–Crippen MR) is 142 cm³/mol. The zero-order chi connectivity index (χ0) is 25.9. The highest BCUT2D eigenvalue weighted by Crippen LogP contribution is 2.27. The first-order valence-electron chi connectivity index (χ1n) is 12.5. The fourth-order valence-electron chi connectivity index (χ4n) is 4.44. The Kier molecular flexibility index (Phi) is 7.24. The van der Waals surface area contributed by atoms with Crippen molar-refractivity contribution in [1.29, 1.82) is 0 Å². The smallest absolute Gasteiger partial charge is 0.293 e. The van der Waals surface area contributed by atoms with E-state index in [9.17, 15) is 9.59 Å². The van der Waals surface area contributed by atoms with E-state index in [4.69, 9.17) is 14.5 Å². The highest BCUT2D eigenvalue weighted by Gasteiger charge is 2.22. The molecule has 2 aliphatic rings. The van der Waals surface area contributed by atoms with Gasteiger partial charge in [0.15, 0.2) is 12.4 Å². The Labute approximate surface area is 215 Å². The van der Waals surface area contributed by atoms with Gasteiger partial charge in [-0.1, -0.05) is 0 Å². The molecule has 2 aliphatic heterocycles. The fraction of sp³-hybridized carbons (Fsp3) is 0.462.